The van der Waals surface area contributed by atoms with Crippen LogP contribution >= 0.6 is 11.6 Å². The van der Waals surface area contributed by atoms with Gasteiger partial charge in [-0.15, -0.1) is 0 Å². The molecule has 0 unspecified atom stereocenters. The van der Waals surface area contributed by atoms with E-state index >= 15 is 0 Å². The Morgan fingerprint density at radius 3 is 2.68 bits per heavy atom. The fourth-order valence-electron chi connectivity index (χ4n) is 4.11. The summed E-state index contributed by atoms with van der Waals surface area (Å²) in [7, 11) is 0. The van der Waals surface area contributed by atoms with Crippen molar-refractivity contribution in [3.8, 4) is 0 Å². The van der Waals surface area contributed by atoms with Crippen LogP contribution in [0.3, 0.4) is 0 Å². The summed E-state index contributed by atoms with van der Waals surface area (Å²) in [5.41, 5.74) is 4.43. The van der Waals surface area contributed by atoms with Crippen LogP contribution in [0, 0.1) is 13.8 Å². The summed E-state index contributed by atoms with van der Waals surface area (Å²) in [5.74, 6) is -0.100. The summed E-state index contributed by atoms with van der Waals surface area (Å²) >= 11 is 6.54. The summed E-state index contributed by atoms with van der Waals surface area (Å²) in [6.45, 7) is 4.54. The normalized spacial score (nSPS) is 14.5. The highest BCUT2D eigenvalue weighted by atomic mass is 35.5. The molecule has 0 radical (unpaired) electrons. The lowest BCUT2D eigenvalue weighted by molar-refractivity contribution is 0.0658. The summed E-state index contributed by atoms with van der Waals surface area (Å²) in [6.07, 6.45) is 8.93. The fourth-order valence-corrected chi connectivity index (χ4v) is 4.31. The molecule has 1 saturated carbocycles. The van der Waals surface area contributed by atoms with Gasteiger partial charge in [-0.1, -0.05) is 36.1 Å². The maximum Gasteiger partial charge on any atom is 0.274 e. The fraction of sp³-hybridized carbons (Fsp3) is 0.364. The molecule has 3 aromatic rings. The van der Waals surface area contributed by atoms with Crippen LogP contribution in [0.2, 0.25) is 5.15 Å². The van der Waals surface area contributed by atoms with Crippen molar-refractivity contribution in [2.75, 3.05) is 0 Å². The smallest absolute Gasteiger partial charge is 0.274 e. The van der Waals surface area contributed by atoms with Crippen LogP contribution < -0.4 is 0 Å². The van der Waals surface area contributed by atoms with Gasteiger partial charge in [0.15, 0.2) is 0 Å². The van der Waals surface area contributed by atoms with Gasteiger partial charge in [-0.2, -0.15) is 0 Å². The summed E-state index contributed by atoms with van der Waals surface area (Å²) in [6, 6.07) is 6.48. The average molecular weight is 395 g/mol. The van der Waals surface area contributed by atoms with Gasteiger partial charge in [-0.3, -0.25) is 9.78 Å². The Bertz CT molecular complexity index is 1020. The molecule has 144 valence electrons. The lowest BCUT2D eigenvalue weighted by Gasteiger charge is -2.29. The second-order valence-electron chi connectivity index (χ2n) is 7.55. The third-order valence-corrected chi connectivity index (χ3v) is 5.76. The van der Waals surface area contributed by atoms with Crippen molar-refractivity contribution in [1.29, 1.82) is 0 Å². The molecule has 1 fully saturated rings. The van der Waals surface area contributed by atoms with Crippen LogP contribution in [0.1, 0.15) is 52.9 Å². The van der Waals surface area contributed by atoms with Crippen LogP contribution in [0.15, 0.2) is 36.8 Å². The topological polar surface area (TPSA) is 59.0 Å². The molecule has 0 aliphatic heterocycles. The molecule has 0 N–H and O–H groups in total. The SMILES string of the molecule is Cc1cc(C)c2nc(Cl)c(CN(C(=O)c3cnccn3)C3CCCC3)cc2c1. The number of hydrogen-bond donors (Lipinski definition) is 0. The summed E-state index contributed by atoms with van der Waals surface area (Å²) in [5, 5.41) is 1.50. The number of amides is 1. The molecule has 0 atom stereocenters. The molecule has 0 bridgehead atoms. The first kappa shape index (κ1) is 18.8. The first-order chi connectivity index (χ1) is 13.5. The van der Waals surface area contributed by atoms with Gasteiger partial charge in [0, 0.05) is 35.9 Å². The number of pyridine rings is 1. The summed E-state index contributed by atoms with van der Waals surface area (Å²) in [4.78, 5) is 28.0. The maximum atomic E-state index is 13.2. The van der Waals surface area contributed by atoms with Crippen molar-refractivity contribution in [3.05, 3.63) is 64.3 Å². The number of benzene rings is 1. The Morgan fingerprint density at radius 1 is 1.18 bits per heavy atom. The molecule has 2 heterocycles. The Balaban J connectivity index is 1.72. The lowest BCUT2D eigenvalue weighted by Crippen LogP contribution is -2.38. The van der Waals surface area contributed by atoms with E-state index in [1.807, 2.05) is 11.8 Å². The van der Waals surface area contributed by atoms with E-state index in [1.165, 1.54) is 11.8 Å². The molecule has 6 heteroatoms. The molecular weight excluding hydrogens is 372 g/mol. The summed E-state index contributed by atoms with van der Waals surface area (Å²) < 4.78 is 0. The third kappa shape index (κ3) is 3.72. The average Bonchev–Trinajstić information content (AvgIpc) is 3.21. The minimum absolute atomic E-state index is 0.100. The standard InChI is InChI=1S/C22H23ClN4O/c1-14-9-15(2)20-16(10-14)11-17(21(23)26-20)13-27(18-5-3-4-6-18)22(28)19-12-24-7-8-25-19/h7-12,18H,3-6,13H2,1-2H3. The van der Waals surface area contributed by atoms with Crippen molar-refractivity contribution in [2.24, 2.45) is 0 Å². The minimum atomic E-state index is -0.100. The molecular formula is C22H23ClN4O. The lowest BCUT2D eigenvalue weighted by atomic mass is 10.0. The first-order valence-electron chi connectivity index (χ1n) is 9.66. The second kappa shape index (κ2) is 7.84. The molecule has 4 rings (SSSR count). The van der Waals surface area contributed by atoms with Gasteiger partial charge in [0.2, 0.25) is 0 Å². The first-order valence-corrected chi connectivity index (χ1v) is 10.0. The van der Waals surface area contributed by atoms with E-state index in [2.05, 4.69) is 40.1 Å². The van der Waals surface area contributed by atoms with Gasteiger partial charge in [0.25, 0.3) is 5.91 Å². The molecule has 28 heavy (non-hydrogen) atoms. The van der Waals surface area contributed by atoms with Gasteiger partial charge in [-0.05, 0) is 44.4 Å². The van der Waals surface area contributed by atoms with Crippen molar-refractivity contribution < 1.29 is 4.79 Å². The molecule has 0 saturated heterocycles. The van der Waals surface area contributed by atoms with E-state index in [1.54, 1.807) is 12.4 Å². The van der Waals surface area contributed by atoms with Gasteiger partial charge in [-0.25, -0.2) is 9.97 Å². The van der Waals surface area contributed by atoms with Crippen LogP contribution in [0.25, 0.3) is 10.9 Å². The number of hydrogen-bond acceptors (Lipinski definition) is 4. The monoisotopic (exact) mass is 394 g/mol. The Hall–Kier alpha value is -2.53. The maximum absolute atomic E-state index is 13.2. The third-order valence-electron chi connectivity index (χ3n) is 5.43. The number of carbonyl (C=O) groups is 1. The van der Waals surface area contributed by atoms with E-state index in [-0.39, 0.29) is 11.9 Å². The van der Waals surface area contributed by atoms with Crippen LogP contribution in [-0.4, -0.2) is 31.8 Å². The largest absolute Gasteiger partial charge is 0.330 e. The highest BCUT2D eigenvalue weighted by molar-refractivity contribution is 6.30. The zero-order valence-electron chi connectivity index (χ0n) is 16.2. The molecule has 1 aliphatic rings. The second-order valence-corrected chi connectivity index (χ2v) is 7.91. The number of carbonyl (C=O) groups excluding carboxylic acids is 1. The van der Waals surface area contributed by atoms with Crippen molar-refractivity contribution >= 4 is 28.4 Å². The van der Waals surface area contributed by atoms with E-state index in [0.717, 1.165) is 47.7 Å². The zero-order valence-corrected chi connectivity index (χ0v) is 16.9. The number of halogens is 1. The highest BCUT2D eigenvalue weighted by Gasteiger charge is 2.29. The van der Waals surface area contributed by atoms with Crippen LogP contribution in [0.5, 0.6) is 0 Å². The van der Waals surface area contributed by atoms with E-state index < -0.39 is 0 Å². The Morgan fingerprint density at radius 2 is 1.96 bits per heavy atom. The van der Waals surface area contributed by atoms with E-state index in [4.69, 9.17) is 11.6 Å². The van der Waals surface area contributed by atoms with Gasteiger partial charge < -0.3 is 4.90 Å². The van der Waals surface area contributed by atoms with Gasteiger partial charge in [0.05, 0.1) is 11.7 Å². The number of fused-ring (bicyclic) bond motifs is 1. The predicted octanol–water partition coefficient (Wildman–Crippen LogP) is 4.88. The van der Waals surface area contributed by atoms with Gasteiger partial charge >= 0.3 is 0 Å². The van der Waals surface area contributed by atoms with Crippen molar-refractivity contribution in [1.82, 2.24) is 19.9 Å². The van der Waals surface area contributed by atoms with E-state index in [9.17, 15) is 4.79 Å². The Kier molecular flexibility index (Phi) is 5.27. The molecule has 2 aromatic heterocycles. The molecule has 5 nitrogen and oxygen atoms in total. The highest BCUT2D eigenvalue weighted by Crippen LogP contribution is 2.30. The molecule has 1 amide bonds. The number of nitrogens with zero attached hydrogens (tertiary/aromatic N) is 4. The van der Waals surface area contributed by atoms with Gasteiger partial charge in [0.1, 0.15) is 10.8 Å². The zero-order chi connectivity index (χ0) is 19.7. The minimum Gasteiger partial charge on any atom is -0.330 e. The number of aromatic nitrogens is 3. The number of aryl methyl sites for hydroxylation is 2. The number of rotatable bonds is 4. The van der Waals surface area contributed by atoms with Crippen molar-refractivity contribution in [3.63, 3.8) is 0 Å². The van der Waals surface area contributed by atoms with Crippen LogP contribution in [-0.2, 0) is 6.54 Å². The molecule has 0 spiro atoms. The molecule has 1 aromatic carbocycles. The predicted molar refractivity (Wildman–Crippen MR) is 110 cm³/mol. The molecule has 1 aliphatic carbocycles. The van der Waals surface area contributed by atoms with Crippen molar-refractivity contribution in [2.45, 2.75) is 52.1 Å². The quantitative estimate of drug-likeness (QED) is 0.591. The van der Waals surface area contributed by atoms with Crippen LogP contribution in [0.4, 0.5) is 0 Å². The van der Waals surface area contributed by atoms with E-state index in [0.29, 0.717) is 17.4 Å². The Labute approximate surface area is 169 Å².